The maximum absolute atomic E-state index is 12.4. The zero-order valence-corrected chi connectivity index (χ0v) is 12.4. The summed E-state index contributed by atoms with van der Waals surface area (Å²) in [6.45, 7) is 0. The second-order valence-electron chi connectivity index (χ2n) is 3.91. The molecule has 102 valence electrons. The van der Waals surface area contributed by atoms with E-state index in [9.17, 15) is 4.79 Å². The van der Waals surface area contributed by atoms with Gasteiger partial charge in [0, 0.05) is 11.8 Å². The van der Waals surface area contributed by atoms with Gasteiger partial charge in [0.15, 0.2) is 4.32 Å². The van der Waals surface area contributed by atoms with E-state index in [0.717, 1.165) is 16.3 Å². The van der Waals surface area contributed by atoms with Crippen LogP contribution in [0.2, 0.25) is 0 Å². The summed E-state index contributed by atoms with van der Waals surface area (Å²) < 4.78 is 0.325. The number of amides is 1. The molecule has 1 aromatic carbocycles. The van der Waals surface area contributed by atoms with Gasteiger partial charge in [0.25, 0.3) is 5.91 Å². The summed E-state index contributed by atoms with van der Waals surface area (Å²) in [5.74, 6) is 5.41. The van der Waals surface area contributed by atoms with Crippen molar-refractivity contribution in [3.8, 4) is 11.3 Å². The highest BCUT2D eigenvalue weighted by atomic mass is 32.2. The van der Waals surface area contributed by atoms with E-state index < -0.39 is 0 Å². The average Bonchev–Trinajstić information content (AvgIpc) is 2.53. The third kappa shape index (κ3) is 3.04. The van der Waals surface area contributed by atoms with Crippen LogP contribution in [0.1, 0.15) is 10.4 Å². The first kappa shape index (κ1) is 14.6. The van der Waals surface area contributed by atoms with E-state index in [4.69, 9.17) is 18.1 Å². The Morgan fingerprint density at radius 3 is 2.60 bits per heavy atom. The zero-order chi connectivity index (χ0) is 14.5. The standard InChI is InChI=1S/C14H13N3OS2/c1-20-14(19)17(15)13(18)11-7-3-2-6-10(11)12-8-4-5-9-16-12/h2-9H,15H2,1H3. The van der Waals surface area contributed by atoms with Gasteiger partial charge in [0.05, 0.1) is 11.3 Å². The van der Waals surface area contributed by atoms with Crippen LogP contribution in [0, 0.1) is 0 Å². The first-order valence-corrected chi connectivity index (χ1v) is 7.46. The lowest BCUT2D eigenvalue weighted by Crippen LogP contribution is -2.40. The van der Waals surface area contributed by atoms with E-state index in [-0.39, 0.29) is 5.91 Å². The van der Waals surface area contributed by atoms with Crippen LogP contribution < -0.4 is 5.84 Å². The van der Waals surface area contributed by atoms with E-state index in [1.54, 1.807) is 24.6 Å². The van der Waals surface area contributed by atoms with Crippen molar-refractivity contribution in [3.05, 3.63) is 54.2 Å². The van der Waals surface area contributed by atoms with E-state index in [1.807, 2.05) is 30.3 Å². The second-order valence-corrected chi connectivity index (χ2v) is 5.35. The molecule has 0 aliphatic heterocycles. The van der Waals surface area contributed by atoms with Gasteiger partial charge in [-0.2, -0.15) is 0 Å². The van der Waals surface area contributed by atoms with E-state index >= 15 is 0 Å². The Hall–Kier alpha value is -1.76. The first-order chi connectivity index (χ1) is 9.65. The third-order valence-electron chi connectivity index (χ3n) is 2.69. The molecule has 1 heterocycles. The van der Waals surface area contributed by atoms with Crippen molar-refractivity contribution in [1.29, 1.82) is 0 Å². The summed E-state index contributed by atoms with van der Waals surface area (Å²) in [6.07, 6.45) is 3.46. The molecule has 0 spiro atoms. The van der Waals surface area contributed by atoms with Gasteiger partial charge in [-0.05, 0) is 24.5 Å². The highest BCUT2D eigenvalue weighted by Gasteiger charge is 2.19. The molecule has 2 rings (SSSR count). The molecule has 1 aromatic heterocycles. The van der Waals surface area contributed by atoms with Gasteiger partial charge in [-0.3, -0.25) is 9.78 Å². The topological polar surface area (TPSA) is 59.2 Å². The fraction of sp³-hybridized carbons (Fsp3) is 0.0714. The molecule has 0 bridgehead atoms. The molecule has 0 radical (unpaired) electrons. The van der Waals surface area contributed by atoms with Gasteiger partial charge in [-0.1, -0.05) is 48.2 Å². The molecule has 2 aromatic rings. The maximum atomic E-state index is 12.4. The average molecular weight is 303 g/mol. The number of hydrazine groups is 1. The number of nitrogens with zero attached hydrogens (tertiary/aromatic N) is 2. The van der Waals surface area contributed by atoms with Crippen LogP contribution in [0.15, 0.2) is 48.7 Å². The van der Waals surface area contributed by atoms with Crippen molar-refractivity contribution in [1.82, 2.24) is 9.99 Å². The van der Waals surface area contributed by atoms with E-state index in [0.29, 0.717) is 9.88 Å². The summed E-state index contributed by atoms with van der Waals surface area (Å²) in [5.41, 5.74) is 1.93. The van der Waals surface area contributed by atoms with Crippen LogP contribution in [-0.4, -0.2) is 26.5 Å². The van der Waals surface area contributed by atoms with Crippen LogP contribution in [0.4, 0.5) is 0 Å². The number of thiocarbonyl (C=S) groups is 1. The fourth-order valence-corrected chi connectivity index (χ4v) is 2.09. The molecule has 0 fully saturated rings. The molecule has 4 nitrogen and oxygen atoms in total. The van der Waals surface area contributed by atoms with Crippen molar-refractivity contribution in [2.45, 2.75) is 0 Å². The third-order valence-corrected chi connectivity index (χ3v) is 3.93. The van der Waals surface area contributed by atoms with Gasteiger partial charge in [-0.25, -0.2) is 10.9 Å². The molecule has 0 aliphatic rings. The van der Waals surface area contributed by atoms with Gasteiger partial charge in [0.2, 0.25) is 0 Å². The summed E-state index contributed by atoms with van der Waals surface area (Å²) in [5, 5.41) is 0.988. The smallest absolute Gasteiger partial charge is 0.267 e. The fourth-order valence-electron chi connectivity index (χ4n) is 1.73. The summed E-state index contributed by atoms with van der Waals surface area (Å²) in [4.78, 5) is 16.7. The highest BCUT2D eigenvalue weighted by molar-refractivity contribution is 8.22. The SMILES string of the molecule is CSC(=S)N(N)C(=O)c1ccccc1-c1ccccn1. The lowest BCUT2D eigenvalue weighted by atomic mass is 10.0. The van der Waals surface area contributed by atoms with Crippen molar-refractivity contribution in [3.63, 3.8) is 0 Å². The molecule has 0 saturated carbocycles. The number of hydrogen-bond acceptors (Lipinski definition) is 5. The van der Waals surface area contributed by atoms with Gasteiger partial charge < -0.3 is 0 Å². The molecular formula is C14H13N3OS2. The molecular weight excluding hydrogens is 290 g/mol. The molecule has 2 N–H and O–H groups in total. The minimum Gasteiger partial charge on any atom is -0.267 e. The first-order valence-electron chi connectivity index (χ1n) is 5.82. The molecule has 0 unspecified atom stereocenters. The van der Waals surface area contributed by atoms with Crippen molar-refractivity contribution < 1.29 is 4.79 Å². The number of nitrogens with two attached hydrogens (primary N) is 1. The molecule has 0 aliphatic carbocycles. The van der Waals surface area contributed by atoms with Gasteiger partial charge in [0.1, 0.15) is 0 Å². The number of rotatable bonds is 2. The number of pyridine rings is 1. The highest BCUT2D eigenvalue weighted by Crippen LogP contribution is 2.22. The monoisotopic (exact) mass is 303 g/mol. The van der Waals surface area contributed by atoms with Crippen molar-refractivity contribution in [2.24, 2.45) is 5.84 Å². The molecule has 20 heavy (non-hydrogen) atoms. The van der Waals surface area contributed by atoms with Crippen LogP contribution in [-0.2, 0) is 0 Å². The number of carbonyl (C=O) groups is 1. The molecule has 0 atom stereocenters. The second kappa shape index (κ2) is 6.60. The van der Waals surface area contributed by atoms with Crippen LogP contribution in [0.3, 0.4) is 0 Å². The van der Waals surface area contributed by atoms with Crippen molar-refractivity contribution in [2.75, 3.05) is 6.26 Å². The number of benzene rings is 1. The normalized spacial score (nSPS) is 10.1. The summed E-state index contributed by atoms with van der Waals surface area (Å²) in [7, 11) is 0. The Labute approximate surface area is 127 Å². The van der Waals surface area contributed by atoms with Crippen LogP contribution >= 0.6 is 24.0 Å². The predicted molar refractivity (Wildman–Crippen MR) is 86.1 cm³/mol. The van der Waals surface area contributed by atoms with E-state index in [1.165, 1.54) is 11.8 Å². The zero-order valence-electron chi connectivity index (χ0n) is 10.8. The minimum atomic E-state index is -0.342. The molecule has 6 heteroatoms. The Morgan fingerprint density at radius 2 is 1.95 bits per heavy atom. The molecule has 1 amide bonds. The quantitative estimate of drug-likeness (QED) is 0.400. The number of hydrogen-bond donors (Lipinski definition) is 1. The largest absolute Gasteiger partial charge is 0.274 e. The Balaban J connectivity index is 2.43. The van der Waals surface area contributed by atoms with Gasteiger partial charge >= 0.3 is 0 Å². The predicted octanol–water partition coefficient (Wildman–Crippen LogP) is 2.71. The number of aromatic nitrogens is 1. The number of carbonyl (C=O) groups excluding carboxylic acids is 1. The summed E-state index contributed by atoms with van der Waals surface area (Å²) in [6, 6.07) is 12.7. The van der Waals surface area contributed by atoms with Crippen LogP contribution in [0.25, 0.3) is 11.3 Å². The maximum Gasteiger partial charge on any atom is 0.274 e. The van der Waals surface area contributed by atoms with E-state index in [2.05, 4.69) is 4.98 Å². The number of thioether (sulfide) groups is 1. The Kier molecular flexibility index (Phi) is 4.84. The van der Waals surface area contributed by atoms with Gasteiger partial charge in [-0.15, -0.1) is 0 Å². The minimum absolute atomic E-state index is 0.325. The lowest BCUT2D eigenvalue weighted by molar-refractivity contribution is 0.0853. The molecule has 0 saturated heterocycles. The van der Waals surface area contributed by atoms with Crippen LogP contribution in [0.5, 0.6) is 0 Å². The summed E-state index contributed by atoms with van der Waals surface area (Å²) >= 11 is 6.30. The lowest BCUT2D eigenvalue weighted by Gasteiger charge is -2.17. The van der Waals surface area contributed by atoms with Crippen molar-refractivity contribution >= 4 is 34.2 Å². The Bertz CT molecular complexity index is 631. The Morgan fingerprint density at radius 1 is 1.25 bits per heavy atom.